The number of aliphatic hydroxyl groups is 2. The summed E-state index contributed by atoms with van der Waals surface area (Å²) in [6, 6.07) is 12.0. The zero-order valence-electron chi connectivity index (χ0n) is 11.6. The summed E-state index contributed by atoms with van der Waals surface area (Å²) in [5, 5.41) is 18.6. The van der Waals surface area contributed by atoms with E-state index in [2.05, 4.69) is 12.1 Å². The first-order valence-electron chi connectivity index (χ1n) is 6.40. The van der Waals surface area contributed by atoms with Crippen LogP contribution in [0, 0.1) is 13.8 Å². The van der Waals surface area contributed by atoms with Gasteiger partial charge in [0.25, 0.3) is 0 Å². The van der Waals surface area contributed by atoms with Crippen LogP contribution in [0.4, 0.5) is 0 Å². The number of benzene rings is 2. The minimum atomic E-state index is 0.0733. The van der Waals surface area contributed by atoms with Gasteiger partial charge in [0.1, 0.15) is 0 Å². The highest BCUT2D eigenvalue weighted by molar-refractivity contribution is 8.76. The highest BCUT2D eigenvalue weighted by atomic mass is 33.1. The molecule has 2 aromatic rings. The van der Waals surface area contributed by atoms with Crippen molar-refractivity contribution in [2.45, 2.75) is 36.9 Å². The quantitative estimate of drug-likeness (QED) is 0.816. The van der Waals surface area contributed by atoms with Gasteiger partial charge < -0.3 is 10.2 Å². The van der Waals surface area contributed by atoms with Crippen molar-refractivity contribution in [2.75, 3.05) is 0 Å². The van der Waals surface area contributed by atoms with E-state index in [0.29, 0.717) is 0 Å². The van der Waals surface area contributed by atoms with Gasteiger partial charge in [-0.1, -0.05) is 45.9 Å². The molecule has 0 atom stereocenters. The van der Waals surface area contributed by atoms with Gasteiger partial charge in [-0.05, 0) is 48.2 Å². The Labute approximate surface area is 127 Å². The summed E-state index contributed by atoms with van der Waals surface area (Å²) in [5.41, 5.74) is 4.19. The SMILES string of the molecule is Cc1c(CO)cccc1SSc1cccc(CO)c1C. The molecule has 0 unspecified atom stereocenters. The van der Waals surface area contributed by atoms with Gasteiger partial charge in [-0.25, -0.2) is 0 Å². The molecule has 2 rings (SSSR count). The van der Waals surface area contributed by atoms with Gasteiger partial charge in [-0.3, -0.25) is 0 Å². The van der Waals surface area contributed by atoms with Crippen molar-refractivity contribution in [3.05, 3.63) is 58.7 Å². The van der Waals surface area contributed by atoms with Gasteiger partial charge in [-0.2, -0.15) is 0 Å². The van der Waals surface area contributed by atoms with Crippen LogP contribution in [0.5, 0.6) is 0 Å². The Hall–Kier alpha value is -0.940. The molecule has 0 aliphatic heterocycles. The van der Waals surface area contributed by atoms with E-state index in [1.165, 1.54) is 0 Å². The molecule has 4 heteroatoms. The molecule has 0 saturated carbocycles. The fourth-order valence-corrected chi connectivity index (χ4v) is 4.51. The van der Waals surface area contributed by atoms with E-state index in [0.717, 1.165) is 32.0 Å². The van der Waals surface area contributed by atoms with Crippen molar-refractivity contribution in [3.8, 4) is 0 Å². The first-order valence-corrected chi connectivity index (χ1v) is 8.55. The molecule has 106 valence electrons. The molecule has 2 N–H and O–H groups in total. The van der Waals surface area contributed by atoms with Crippen molar-refractivity contribution in [1.29, 1.82) is 0 Å². The van der Waals surface area contributed by atoms with Gasteiger partial charge in [0.2, 0.25) is 0 Å². The zero-order valence-corrected chi connectivity index (χ0v) is 13.2. The molecule has 0 fully saturated rings. The average Bonchev–Trinajstić information content (AvgIpc) is 2.47. The van der Waals surface area contributed by atoms with Crippen molar-refractivity contribution in [3.63, 3.8) is 0 Å². The fourth-order valence-electron chi connectivity index (χ4n) is 1.93. The van der Waals surface area contributed by atoms with E-state index in [-0.39, 0.29) is 13.2 Å². The van der Waals surface area contributed by atoms with Crippen molar-refractivity contribution in [2.24, 2.45) is 0 Å². The third kappa shape index (κ3) is 3.38. The van der Waals surface area contributed by atoms with Crippen LogP contribution in [0.25, 0.3) is 0 Å². The van der Waals surface area contributed by atoms with Crippen molar-refractivity contribution < 1.29 is 10.2 Å². The van der Waals surface area contributed by atoms with Crippen molar-refractivity contribution >= 4 is 21.6 Å². The van der Waals surface area contributed by atoms with E-state index in [1.54, 1.807) is 21.6 Å². The van der Waals surface area contributed by atoms with Gasteiger partial charge in [-0.15, -0.1) is 0 Å². The molecule has 2 aromatic carbocycles. The van der Waals surface area contributed by atoms with Crippen LogP contribution < -0.4 is 0 Å². The Bertz CT molecular complexity index is 544. The molecule has 0 aliphatic carbocycles. The van der Waals surface area contributed by atoms with Crippen LogP contribution in [0.2, 0.25) is 0 Å². The highest BCUT2D eigenvalue weighted by Gasteiger charge is 2.08. The Kier molecular flexibility index (Phi) is 5.54. The van der Waals surface area contributed by atoms with Gasteiger partial charge in [0.05, 0.1) is 13.2 Å². The Morgan fingerprint density at radius 2 is 1.15 bits per heavy atom. The maximum atomic E-state index is 9.30. The summed E-state index contributed by atoms with van der Waals surface area (Å²) in [5.74, 6) is 0. The van der Waals surface area contributed by atoms with Crippen molar-refractivity contribution in [1.82, 2.24) is 0 Å². The lowest BCUT2D eigenvalue weighted by Gasteiger charge is -2.11. The molecule has 0 aliphatic rings. The van der Waals surface area contributed by atoms with Crippen LogP contribution in [-0.2, 0) is 13.2 Å². The zero-order chi connectivity index (χ0) is 14.5. The molecular formula is C16H18O2S2. The molecule has 0 amide bonds. The lowest BCUT2D eigenvalue weighted by molar-refractivity contribution is 0.280. The average molecular weight is 306 g/mol. The second-order valence-corrected chi connectivity index (χ2v) is 6.78. The van der Waals surface area contributed by atoms with E-state index < -0.39 is 0 Å². The van der Waals surface area contributed by atoms with Crippen LogP contribution in [0.15, 0.2) is 46.2 Å². The topological polar surface area (TPSA) is 40.5 Å². The largest absolute Gasteiger partial charge is 0.392 e. The summed E-state index contributed by atoms with van der Waals surface area (Å²) in [6.07, 6.45) is 0. The Morgan fingerprint density at radius 3 is 1.50 bits per heavy atom. The minimum Gasteiger partial charge on any atom is -0.392 e. The minimum absolute atomic E-state index is 0.0733. The molecule has 0 bridgehead atoms. The molecule has 0 heterocycles. The molecular weight excluding hydrogens is 288 g/mol. The summed E-state index contributed by atoms with van der Waals surface area (Å²) in [4.78, 5) is 2.32. The van der Waals surface area contributed by atoms with Gasteiger partial charge in [0, 0.05) is 9.79 Å². The lowest BCUT2D eigenvalue weighted by atomic mass is 10.1. The van der Waals surface area contributed by atoms with Crippen LogP contribution in [-0.4, -0.2) is 10.2 Å². The number of hydrogen-bond donors (Lipinski definition) is 2. The smallest absolute Gasteiger partial charge is 0.0684 e. The third-order valence-electron chi connectivity index (χ3n) is 3.35. The summed E-state index contributed by atoms with van der Waals surface area (Å²) >= 11 is 0. The fraction of sp³-hybridized carbons (Fsp3) is 0.250. The lowest BCUT2D eigenvalue weighted by Crippen LogP contribution is -1.91. The van der Waals surface area contributed by atoms with E-state index >= 15 is 0 Å². The number of hydrogen-bond acceptors (Lipinski definition) is 4. The maximum Gasteiger partial charge on any atom is 0.0684 e. The molecule has 20 heavy (non-hydrogen) atoms. The van der Waals surface area contributed by atoms with Crippen LogP contribution in [0.1, 0.15) is 22.3 Å². The molecule has 2 nitrogen and oxygen atoms in total. The molecule has 0 aromatic heterocycles. The van der Waals surface area contributed by atoms with Gasteiger partial charge in [0.15, 0.2) is 0 Å². The number of aliphatic hydroxyl groups excluding tert-OH is 2. The molecule has 0 radical (unpaired) electrons. The van der Waals surface area contributed by atoms with Crippen LogP contribution >= 0.6 is 21.6 Å². The highest BCUT2D eigenvalue weighted by Crippen LogP contribution is 2.41. The Balaban J connectivity index is 2.17. The van der Waals surface area contributed by atoms with E-state index in [9.17, 15) is 10.2 Å². The monoisotopic (exact) mass is 306 g/mol. The summed E-state index contributed by atoms with van der Waals surface area (Å²) in [6.45, 7) is 4.21. The first-order chi connectivity index (χ1) is 9.67. The molecule has 0 saturated heterocycles. The first kappa shape index (κ1) is 15.4. The van der Waals surface area contributed by atoms with E-state index in [1.807, 2.05) is 38.1 Å². The standard InChI is InChI=1S/C16H18O2S2/c1-11-13(9-17)5-3-7-15(11)19-20-16-8-4-6-14(10-18)12(16)2/h3-8,17-18H,9-10H2,1-2H3. The normalized spacial score (nSPS) is 10.8. The second-order valence-electron chi connectivity index (χ2n) is 4.56. The van der Waals surface area contributed by atoms with Crippen LogP contribution in [0.3, 0.4) is 0 Å². The summed E-state index contributed by atoms with van der Waals surface area (Å²) in [7, 11) is 3.37. The second kappa shape index (κ2) is 7.18. The predicted molar refractivity (Wildman–Crippen MR) is 85.9 cm³/mol. The molecule has 0 spiro atoms. The predicted octanol–water partition coefficient (Wildman–Crippen LogP) is 4.09. The number of rotatable bonds is 5. The van der Waals surface area contributed by atoms with Gasteiger partial charge >= 0.3 is 0 Å². The Morgan fingerprint density at radius 1 is 0.750 bits per heavy atom. The maximum absolute atomic E-state index is 9.30. The van der Waals surface area contributed by atoms with E-state index in [4.69, 9.17) is 0 Å². The summed E-state index contributed by atoms with van der Waals surface area (Å²) < 4.78 is 0. The third-order valence-corrected chi connectivity index (χ3v) is 6.01.